The van der Waals surface area contributed by atoms with Gasteiger partial charge in [-0.1, -0.05) is 60.7 Å². The number of ether oxygens (including phenoxy) is 4. The Kier molecular flexibility index (Phi) is 17.0. The molecule has 0 saturated heterocycles. The summed E-state index contributed by atoms with van der Waals surface area (Å²) >= 11 is 0. The molecule has 0 radical (unpaired) electrons. The summed E-state index contributed by atoms with van der Waals surface area (Å²) in [6, 6.07) is 42.4. The highest BCUT2D eigenvalue weighted by molar-refractivity contribution is 5.85. The molecule has 0 spiro atoms. The van der Waals surface area contributed by atoms with Gasteiger partial charge in [0.05, 0.1) is 0 Å². The summed E-state index contributed by atoms with van der Waals surface area (Å²) in [5, 5.41) is 26.4. The molecule has 0 bridgehead atoms. The lowest BCUT2D eigenvalue weighted by atomic mass is 10.2. The molecule has 234 valence electrons. The van der Waals surface area contributed by atoms with E-state index in [1.165, 1.54) is 0 Å². The number of halogens is 1. The van der Waals surface area contributed by atoms with Gasteiger partial charge in [-0.2, -0.15) is 5.26 Å². The average Bonchev–Trinajstić information content (AvgIpc) is 3.08. The molecular weight excluding hydrogens is 592 g/mol. The Bertz CT molecular complexity index is 1500. The smallest absolute Gasteiger partial charge is 0.174 e. The predicted octanol–water partition coefficient (Wildman–Crippen LogP) is 7.29. The topological polar surface area (TPSA) is 127 Å². The summed E-state index contributed by atoms with van der Waals surface area (Å²) in [5.74, 6) is 3.43. The molecule has 0 heterocycles. The molecule has 5 rings (SSSR count). The Morgan fingerprint density at radius 2 is 0.867 bits per heavy atom. The molecule has 5 aromatic carbocycles. The molecule has 0 aliphatic carbocycles. The molecule has 4 N–H and O–H groups in total. The van der Waals surface area contributed by atoms with Gasteiger partial charge in [0.2, 0.25) is 0 Å². The van der Waals surface area contributed by atoms with Gasteiger partial charge >= 0.3 is 0 Å². The largest absolute Gasteiger partial charge is 0.508 e. The van der Waals surface area contributed by atoms with Gasteiger partial charge in [-0.05, 0) is 83.9 Å². The van der Waals surface area contributed by atoms with Crippen LogP contribution in [-0.4, -0.2) is 30.0 Å². The maximum atomic E-state index is 9.09. The molecule has 0 unspecified atom stereocenters. The molecule has 5 aromatic rings. The number of hydrogen-bond donors (Lipinski definition) is 3. The van der Waals surface area contributed by atoms with E-state index in [-0.39, 0.29) is 30.5 Å². The highest BCUT2D eigenvalue weighted by Gasteiger charge is 1.98. The third kappa shape index (κ3) is 15.1. The first-order valence-electron chi connectivity index (χ1n) is 13.9. The molecule has 0 aromatic heterocycles. The fraction of sp³-hybridized carbons (Fsp3) is 0.139. The van der Waals surface area contributed by atoms with Crippen LogP contribution in [0, 0.1) is 11.3 Å². The first kappa shape index (κ1) is 35.8. The van der Waals surface area contributed by atoms with Crippen molar-refractivity contribution in [2.45, 2.75) is 13.2 Å². The number of nitriles is 1. The van der Waals surface area contributed by atoms with Gasteiger partial charge in [0.25, 0.3) is 0 Å². The Balaban J connectivity index is 0.000000239. The van der Waals surface area contributed by atoms with Crippen molar-refractivity contribution in [2.75, 3.05) is 19.8 Å². The van der Waals surface area contributed by atoms with Crippen molar-refractivity contribution in [2.24, 2.45) is 5.73 Å². The zero-order valence-electron chi connectivity index (χ0n) is 24.7. The number of benzene rings is 5. The van der Waals surface area contributed by atoms with E-state index in [4.69, 9.17) is 40.2 Å². The van der Waals surface area contributed by atoms with Crippen LogP contribution in [0.3, 0.4) is 0 Å². The van der Waals surface area contributed by atoms with E-state index < -0.39 is 0 Å². The van der Waals surface area contributed by atoms with Crippen molar-refractivity contribution in [1.82, 2.24) is 0 Å². The first-order valence-corrected chi connectivity index (χ1v) is 13.9. The monoisotopic (exact) mass is 628 g/mol. The fourth-order valence-electron chi connectivity index (χ4n) is 3.49. The molecule has 0 saturated carbocycles. The second kappa shape index (κ2) is 21.3. The summed E-state index contributed by atoms with van der Waals surface area (Å²) in [6.45, 7) is 2.15. The Hall–Kier alpha value is -5.36. The maximum absolute atomic E-state index is 9.09. The van der Waals surface area contributed by atoms with E-state index in [9.17, 15) is 0 Å². The summed E-state index contributed by atoms with van der Waals surface area (Å²) < 4.78 is 21.5. The van der Waals surface area contributed by atoms with Crippen molar-refractivity contribution >= 4 is 12.4 Å². The molecule has 0 aliphatic rings. The zero-order valence-corrected chi connectivity index (χ0v) is 25.5. The van der Waals surface area contributed by atoms with Crippen LogP contribution in [0.1, 0.15) is 11.1 Å². The van der Waals surface area contributed by atoms with Crippen LogP contribution in [0.15, 0.2) is 133 Å². The van der Waals surface area contributed by atoms with Gasteiger partial charge in [-0.25, -0.2) is 0 Å². The van der Waals surface area contributed by atoms with Crippen LogP contribution < -0.4 is 24.7 Å². The number of hydrogen-bond acceptors (Lipinski definition) is 8. The number of phenols is 2. The average molecular weight is 629 g/mol. The van der Waals surface area contributed by atoms with Gasteiger partial charge in [-0.3, -0.25) is 0 Å². The highest BCUT2D eigenvalue weighted by atomic mass is 35.5. The van der Waals surface area contributed by atoms with E-state index in [1.807, 2.05) is 78.9 Å². The molecule has 0 aliphatic heterocycles. The van der Waals surface area contributed by atoms with Crippen LogP contribution >= 0.6 is 12.4 Å². The minimum absolute atomic E-state index is 0. The number of aromatic hydroxyl groups is 2. The summed E-state index contributed by atoms with van der Waals surface area (Å²) in [4.78, 5) is 0. The molecule has 9 heteroatoms. The quantitative estimate of drug-likeness (QED) is 0.139. The summed E-state index contributed by atoms with van der Waals surface area (Å²) in [6.07, 6.45) is 0. The standard InChI is InChI=1S/C15H13NO2.C13H12O2.C8H11NO2.ClH/c16-10-11-17-14-6-8-15(9-7-14)18-12-13-4-2-1-3-5-13;14-12-6-8-13(9-7-12)15-10-11-4-2-1-3-5-11;9-5-6-11-8-3-1-7(10)2-4-8;/h1-9H,11-12H2;1-9,14H,10H2;1-4,10H,5-6,9H2;1H. The van der Waals surface area contributed by atoms with Gasteiger partial charge in [0, 0.05) is 6.54 Å². The molecule has 0 fully saturated rings. The van der Waals surface area contributed by atoms with Crippen LogP contribution in [0.5, 0.6) is 34.5 Å². The first-order chi connectivity index (χ1) is 21.6. The molecule has 45 heavy (non-hydrogen) atoms. The zero-order chi connectivity index (χ0) is 31.2. The van der Waals surface area contributed by atoms with Crippen LogP contribution in [-0.2, 0) is 13.2 Å². The van der Waals surface area contributed by atoms with Crippen LogP contribution in [0.2, 0.25) is 0 Å². The SMILES string of the molecule is Cl.N#CCOc1ccc(OCc2ccccc2)cc1.NCCOc1ccc(O)cc1.Oc1ccc(OCc2ccccc2)cc1. The normalized spacial score (nSPS) is 9.42. The van der Waals surface area contributed by atoms with Crippen molar-refractivity contribution in [1.29, 1.82) is 5.26 Å². The maximum Gasteiger partial charge on any atom is 0.174 e. The second-order valence-electron chi connectivity index (χ2n) is 9.09. The highest BCUT2D eigenvalue weighted by Crippen LogP contribution is 2.19. The minimum atomic E-state index is 0. The molecule has 0 amide bonds. The van der Waals surface area contributed by atoms with E-state index >= 15 is 0 Å². The van der Waals surface area contributed by atoms with Gasteiger partial charge in [-0.15, -0.1) is 12.4 Å². The third-order valence-electron chi connectivity index (χ3n) is 5.68. The Morgan fingerprint density at radius 3 is 1.24 bits per heavy atom. The van der Waals surface area contributed by atoms with Crippen molar-refractivity contribution in [3.8, 4) is 40.6 Å². The Labute approximate surface area is 270 Å². The van der Waals surface area contributed by atoms with E-state index in [1.54, 1.807) is 60.7 Å². The van der Waals surface area contributed by atoms with E-state index in [0.717, 1.165) is 28.4 Å². The van der Waals surface area contributed by atoms with Crippen molar-refractivity contribution < 1.29 is 29.2 Å². The lowest BCUT2D eigenvalue weighted by molar-refractivity contribution is 0.305. The minimum Gasteiger partial charge on any atom is -0.508 e. The number of phenolic OH excluding ortho intramolecular Hbond substituents is 2. The third-order valence-corrected chi connectivity index (χ3v) is 5.68. The van der Waals surface area contributed by atoms with Crippen molar-refractivity contribution in [3.63, 3.8) is 0 Å². The van der Waals surface area contributed by atoms with E-state index in [0.29, 0.717) is 32.1 Å². The Morgan fingerprint density at radius 1 is 0.511 bits per heavy atom. The van der Waals surface area contributed by atoms with Gasteiger partial charge in [0.15, 0.2) is 6.61 Å². The van der Waals surface area contributed by atoms with Gasteiger partial charge < -0.3 is 34.9 Å². The second-order valence-corrected chi connectivity index (χ2v) is 9.09. The number of nitrogens with two attached hydrogens (primary N) is 1. The lowest BCUT2D eigenvalue weighted by Gasteiger charge is -2.07. The molecule has 0 atom stereocenters. The summed E-state index contributed by atoms with van der Waals surface area (Å²) in [7, 11) is 0. The number of rotatable bonds is 11. The lowest BCUT2D eigenvalue weighted by Crippen LogP contribution is -2.10. The fourth-order valence-corrected chi connectivity index (χ4v) is 3.49. The predicted molar refractivity (Wildman–Crippen MR) is 177 cm³/mol. The molecular formula is C36H37ClN2O6. The van der Waals surface area contributed by atoms with Crippen molar-refractivity contribution in [3.05, 3.63) is 145 Å². The number of nitrogens with zero attached hydrogens (tertiary/aromatic N) is 1. The summed E-state index contributed by atoms with van der Waals surface area (Å²) in [5.41, 5.74) is 7.49. The van der Waals surface area contributed by atoms with E-state index in [2.05, 4.69) is 0 Å². The van der Waals surface area contributed by atoms with Crippen LogP contribution in [0.4, 0.5) is 0 Å². The van der Waals surface area contributed by atoms with Crippen LogP contribution in [0.25, 0.3) is 0 Å². The molecule has 8 nitrogen and oxygen atoms in total. The van der Waals surface area contributed by atoms with Gasteiger partial charge in [0.1, 0.15) is 60.4 Å².